The van der Waals surface area contributed by atoms with E-state index in [9.17, 15) is 0 Å². The van der Waals surface area contributed by atoms with Crippen LogP contribution < -0.4 is 5.43 Å². The second-order valence-corrected chi connectivity index (χ2v) is 3.93. The fourth-order valence-electron chi connectivity index (χ4n) is 0.342. The first-order valence-electron chi connectivity index (χ1n) is 2.00. The maximum absolute atomic E-state index is 4.03. The van der Waals surface area contributed by atoms with Crippen molar-refractivity contribution in [3.05, 3.63) is 10.4 Å². The molecule has 1 aliphatic heterocycles. The van der Waals surface area contributed by atoms with Crippen molar-refractivity contribution in [1.29, 1.82) is 0 Å². The number of nitrogens with zero attached hydrogens (tertiary/aromatic N) is 1. The van der Waals surface area contributed by atoms with Crippen LogP contribution in [0, 0.1) is 0 Å². The van der Waals surface area contributed by atoms with Crippen molar-refractivity contribution < 1.29 is 0 Å². The molecule has 0 amide bonds. The molecule has 0 fully saturated rings. The zero-order valence-electron chi connectivity index (χ0n) is 4.29. The summed E-state index contributed by atoms with van der Waals surface area (Å²) < 4.78 is 2.89. The summed E-state index contributed by atoms with van der Waals surface area (Å²) in [6, 6.07) is 0. The van der Waals surface area contributed by atoms with Crippen molar-refractivity contribution in [2.24, 2.45) is 0 Å². The first-order chi connectivity index (χ1) is 3.83. The minimum atomic E-state index is 1.24. The van der Waals surface area contributed by atoms with E-state index in [4.69, 9.17) is 0 Å². The Kier molecular flexibility index (Phi) is 2.43. The molecule has 0 aromatic heterocycles. The van der Waals surface area contributed by atoms with Gasteiger partial charge in [-0.2, -0.15) is 0 Å². The van der Waals surface area contributed by atoms with Crippen LogP contribution in [0.4, 0.5) is 0 Å². The van der Waals surface area contributed by atoms with Crippen LogP contribution in [0.1, 0.15) is 0 Å². The van der Waals surface area contributed by atoms with Gasteiger partial charge in [0.1, 0.15) is 0 Å². The Labute approximate surface area is 62.7 Å². The molecule has 0 aliphatic carbocycles. The first-order valence-corrected chi connectivity index (χ1v) is 4.40. The van der Waals surface area contributed by atoms with Gasteiger partial charge in [0.25, 0.3) is 0 Å². The monoisotopic (exact) mass is 166 g/mol. The number of nitrogens with one attached hydrogen (secondary N) is 1. The molecule has 1 heterocycles. The third-order valence-corrected chi connectivity index (χ3v) is 2.85. The predicted octanol–water partition coefficient (Wildman–Crippen LogP) is 1.46. The summed E-state index contributed by atoms with van der Waals surface area (Å²) in [5.74, 6) is 0. The van der Waals surface area contributed by atoms with Gasteiger partial charge in [-0.15, -0.1) is 15.6 Å². The van der Waals surface area contributed by atoms with Gasteiger partial charge in [-0.25, -0.2) is 0 Å². The van der Waals surface area contributed by atoms with E-state index in [1.54, 1.807) is 27.5 Å². The molecular weight excluding hydrogens is 160 g/mol. The van der Waals surface area contributed by atoms with E-state index in [0.29, 0.717) is 0 Å². The van der Waals surface area contributed by atoms with Gasteiger partial charge in [0, 0.05) is 6.20 Å². The SMILES string of the molecule is CSC1=CNN(S)S1. The summed E-state index contributed by atoms with van der Waals surface area (Å²) >= 11 is 7.31. The van der Waals surface area contributed by atoms with Gasteiger partial charge in [-0.3, -0.25) is 0 Å². The highest BCUT2D eigenvalue weighted by atomic mass is 32.2. The summed E-state index contributed by atoms with van der Waals surface area (Å²) in [5.41, 5.74) is 2.90. The van der Waals surface area contributed by atoms with Crippen LogP contribution in [-0.4, -0.2) is 10.1 Å². The molecule has 0 unspecified atom stereocenters. The van der Waals surface area contributed by atoms with E-state index in [0.717, 1.165) is 0 Å². The highest BCUT2D eigenvalue weighted by Gasteiger charge is 2.08. The fraction of sp³-hybridized carbons (Fsp3) is 0.333. The van der Waals surface area contributed by atoms with Gasteiger partial charge in [0.05, 0.1) is 4.24 Å². The van der Waals surface area contributed by atoms with E-state index in [-0.39, 0.29) is 0 Å². The maximum Gasteiger partial charge on any atom is 0.0754 e. The molecule has 1 N–H and O–H groups in total. The molecule has 0 bridgehead atoms. The van der Waals surface area contributed by atoms with Crippen molar-refractivity contribution in [3.8, 4) is 0 Å². The van der Waals surface area contributed by atoms with Crippen molar-refractivity contribution in [2.45, 2.75) is 0 Å². The molecule has 1 rings (SSSR count). The zero-order chi connectivity index (χ0) is 5.98. The largest absolute Gasteiger partial charge is 0.305 e. The third kappa shape index (κ3) is 1.51. The van der Waals surface area contributed by atoms with Gasteiger partial charge in [-0.1, -0.05) is 12.8 Å². The molecule has 0 aromatic rings. The molecule has 8 heavy (non-hydrogen) atoms. The topological polar surface area (TPSA) is 15.3 Å². The van der Waals surface area contributed by atoms with E-state index >= 15 is 0 Å². The van der Waals surface area contributed by atoms with Crippen LogP contribution in [0.15, 0.2) is 10.4 Å². The minimum Gasteiger partial charge on any atom is -0.305 e. The lowest BCUT2D eigenvalue weighted by Crippen LogP contribution is -2.10. The summed E-state index contributed by atoms with van der Waals surface area (Å²) in [5, 5.41) is 0. The Morgan fingerprint density at radius 2 is 2.75 bits per heavy atom. The number of hydrogen-bond donors (Lipinski definition) is 2. The van der Waals surface area contributed by atoms with Gasteiger partial charge < -0.3 is 5.43 Å². The van der Waals surface area contributed by atoms with Gasteiger partial charge in [-0.05, 0) is 18.2 Å². The molecule has 0 aromatic carbocycles. The van der Waals surface area contributed by atoms with Gasteiger partial charge >= 0.3 is 0 Å². The highest BCUT2D eigenvalue weighted by Crippen LogP contribution is 2.32. The van der Waals surface area contributed by atoms with Crippen molar-refractivity contribution in [1.82, 2.24) is 9.25 Å². The van der Waals surface area contributed by atoms with E-state index in [2.05, 4.69) is 18.2 Å². The zero-order valence-corrected chi connectivity index (χ0v) is 6.82. The Bertz CT molecular complexity index is 113. The lowest BCUT2D eigenvalue weighted by Gasteiger charge is -2.02. The van der Waals surface area contributed by atoms with Crippen molar-refractivity contribution in [3.63, 3.8) is 0 Å². The van der Waals surface area contributed by atoms with Crippen molar-refractivity contribution >= 4 is 36.5 Å². The normalized spacial score (nSPS) is 20.5. The molecule has 0 saturated heterocycles. The molecule has 0 spiro atoms. The van der Waals surface area contributed by atoms with Crippen LogP contribution in [0.25, 0.3) is 0 Å². The molecule has 0 saturated carbocycles. The van der Waals surface area contributed by atoms with Crippen LogP contribution in [0.2, 0.25) is 0 Å². The summed E-state index contributed by atoms with van der Waals surface area (Å²) in [6.45, 7) is 0. The van der Waals surface area contributed by atoms with E-state index in [1.807, 2.05) is 12.5 Å². The number of thioether (sulfide) groups is 1. The van der Waals surface area contributed by atoms with Crippen LogP contribution in [0.3, 0.4) is 0 Å². The fourth-order valence-corrected chi connectivity index (χ4v) is 1.90. The van der Waals surface area contributed by atoms with Crippen LogP contribution >= 0.6 is 36.5 Å². The summed E-state index contributed by atoms with van der Waals surface area (Å²) in [6.07, 6.45) is 3.95. The standard InChI is InChI=1S/C3H6N2S3/c1-7-3-2-4-5(6)8-3/h2,4,6H,1H3. The molecular formula is C3H6N2S3. The van der Waals surface area contributed by atoms with E-state index < -0.39 is 0 Å². The van der Waals surface area contributed by atoms with Crippen LogP contribution in [-0.2, 0) is 0 Å². The van der Waals surface area contributed by atoms with Crippen molar-refractivity contribution in [2.75, 3.05) is 6.26 Å². The van der Waals surface area contributed by atoms with Gasteiger partial charge in [0.2, 0.25) is 0 Å². The van der Waals surface area contributed by atoms with E-state index in [1.165, 1.54) is 4.24 Å². The smallest absolute Gasteiger partial charge is 0.0754 e. The number of rotatable bonds is 1. The number of thiol groups is 1. The average molecular weight is 166 g/mol. The molecule has 2 nitrogen and oxygen atoms in total. The maximum atomic E-state index is 4.03. The molecule has 1 aliphatic rings. The number of hydrogen-bond acceptors (Lipinski definition) is 5. The Balaban J connectivity index is 2.37. The average Bonchev–Trinajstić information content (AvgIpc) is 2.14. The van der Waals surface area contributed by atoms with Crippen LogP contribution in [0.5, 0.6) is 0 Å². The Morgan fingerprint density at radius 3 is 3.00 bits per heavy atom. The molecule has 0 radical (unpaired) electrons. The Morgan fingerprint density at radius 1 is 2.00 bits per heavy atom. The lowest BCUT2D eigenvalue weighted by atomic mass is 11.1. The minimum absolute atomic E-state index is 1.24. The molecule has 0 atom stereocenters. The quantitative estimate of drug-likeness (QED) is 0.452. The Hall–Kier alpha value is 0.550. The lowest BCUT2D eigenvalue weighted by molar-refractivity contribution is 0.675. The molecule has 5 heteroatoms. The molecule has 46 valence electrons. The summed E-state index contributed by atoms with van der Waals surface area (Å²) in [7, 11) is 0. The number of hydrazine groups is 1. The third-order valence-electron chi connectivity index (χ3n) is 0.670. The first kappa shape index (κ1) is 6.67. The summed E-state index contributed by atoms with van der Waals surface area (Å²) in [4.78, 5) is 0. The highest BCUT2D eigenvalue weighted by molar-refractivity contribution is 8.23. The predicted molar refractivity (Wildman–Crippen MR) is 43.1 cm³/mol. The second-order valence-electron chi connectivity index (χ2n) is 1.16. The second kappa shape index (κ2) is 2.91. The van der Waals surface area contributed by atoms with Gasteiger partial charge in [0.15, 0.2) is 0 Å².